The van der Waals surface area contributed by atoms with Crippen molar-refractivity contribution in [3.8, 4) is 0 Å². The van der Waals surface area contributed by atoms with Gasteiger partial charge in [-0.2, -0.15) is 0 Å². The smallest absolute Gasteiger partial charge is 0.246 e. The summed E-state index contributed by atoms with van der Waals surface area (Å²) in [4.78, 5) is 26.3. The van der Waals surface area contributed by atoms with Crippen molar-refractivity contribution in [2.75, 3.05) is 18.0 Å². The van der Waals surface area contributed by atoms with E-state index in [1.165, 1.54) is 12.0 Å². The Morgan fingerprint density at radius 1 is 1.04 bits per heavy atom. The Morgan fingerprint density at radius 2 is 1.72 bits per heavy atom. The van der Waals surface area contributed by atoms with Crippen molar-refractivity contribution in [2.24, 2.45) is 11.8 Å². The fraction of sp³-hybridized carbons (Fsp3) is 0.450. The molecule has 1 fully saturated rings. The number of anilines is 2. The Labute approximate surface area is 148 Å². The predicted molar refractivity (Wildman–Crippen MR) is 97.6 cm³/mol. The summed E-state index contributed by atoms with van der Waals surface area (Å²) in [7, 11) is 0. The van der Waals surface area contributed by atoms with Crippen LogP contribution in [-0.2, 0) is 11.2 Å². The van der Waals surface area contributed by atoms with Crippen molar-refractivity contribution in [3.05, 3.63) is 48.3 Å². The lowest BCUT2D eigenvalue weighted by molar-refractivity contribution is -0.135. The zero-order valence-corrected chi connectivity index (χ0v) is 14.8. The molecule has 3 heterocycles. The first-order chi connectivity index (χ1) is 12.1. The van der Waals surface area contributed by atoms with Gasteiger partial charge in [-0.25, -0.2) is 9.97 Å². The topological polar surface area (TPSA) is 49.3 Å². The fourth-order valence-corrected chi connectivity index (χ4v) is 4.30. The molecule has 0 unspecified atom stereocenters. The molecule has 0 saturated carbocycles. The van der Waals surface area contributed by atoms with Crippen molar-refractivity contribution in [1.29, 1.82) is 0 Å². The molecule has 2 aliphatic heterocycles. The van der Waals surface area contributed by atoms with Crippen LogP contribution in [0.4, 0.5) is 11.6 Å². The van der Waals surface area contributed by atoms with Gasteiger partial charge in [-0.1, -0.05) is 32.0 Å². The molecular weight excluding hydrogens is 312 g/mol. The molecule has 1 aromatic carbocycles. The van der Waals surface area contributed by atoms with E-state index in [1.54, 1.807) is 18.5 Å². The number of para-hydroxylation sites is 1. The van der Waals surface area contributed by atoms with Gasteiger partial charge < -0.3 is 4.90 Å². The first-order valence-corrected chi connectivity index (χ1v) is 9.06. The number of likely N-dealkylation sites (tertiary alicyclic amines) is 1. The van der Waals surface area contributed by atoms with E-state index in [1.807, 2.05) is 21.9 Å². The zero-order valence-electron chi connectivity index (χ0n) is 14.8. The number of carbonyl (C=O) groups excluding carboxylic acids is 1. The Kier molecular flexibility index (Phi) is 4.15. The third-order valence-electron chi connectivity index (χ3n) is 5.21. The maximum absolute atomic E-state index is 13.4. The van der Waals surface area contributed by atoms with Crippen molar-refractivity contribution < 1.29 is 4.79 Å². The second-order valence-corrected chi connectivity index (χ2v) is 7.46. The summed E-state index contributed by atoms with van der Waals surface area (Å²) in [5, 5.41) is 0. The maximum Gasteiger partial charge on any atom is 0.246 e. The lowest BCUT2D eigenvalue weighted by Crippen LogP contribution is -2.51. The van der Waals surface area contributed by atoms with Crippen LogP contribution in [0.5, 0.6) is 0 Å². The summed E-state index contributed by atoms with van der Waals surface area (Å²) >= 11 is 0. The number of amides is 1. The van der Waals surface area contributed by atoms with Crippen LogP contribution in [0.15, 0.2) is 42.7 Å². The molecule has 2 aromatic rings. The Balaban J connectivity index is 1.67. The van der Waals surface area contributed by atoms with Crippen LogP contribution >= 0.6 is 0 Å². The Morgan fingerprint density at radius 3 is 2.44 bits per heavy atom. The van der Waals surface area contributed by atoms with E-state index in [4.69, 9.17) is 0 Å². The number of hydrogen-bond donors (Lipinski definition) is 0. The first-order valence-electron chi connectivity index (χ1n) is 9.06. The number of hydrogen-bond acceptors (Lipinski definition) is 4. The number of aromatic nitrogens is 2. The van der Waals surface area contributed by atoms with Gasteiger partial charge in [0.05, 0.1) is 0 Å². The summed E-state index contributed by atoms with van der Waals surface area (Å²) < 4.78 is 0. The van der Waals surface area contributed by atoms with E-state index in [0.29, 0.717) is 24.2 Å². The SMILES string of the molecule is C[C@@H]1C[C@H](C)CN(C(=O)[C@@H]2Cc3ccccc3N2c2ncccn2)C1. The van der Waals surface area contributed by atoms with Crippen LogP contribution in [0.2, 0.25) is 0 Å². The second kappa shape index (κ2) is 6.47. The van der Waals surface area contributed by atoms with Gasteiger partial charge in [-0.05, 0) is 36.0 Å². The van der Waals surface area contributed by atoms with Crippen LogP contribution < -0.4 is 4.90 Å². The van der Waals surface area contributed by atoms with E-state index < -0.39 is 0 Å². The van der Waals surface area contributed by atoms with Gasteiger partial charge in [0.15, 0.2) is 0 Å². The highest BCUT2D eigenvalue weighted by atomic mass is 16.2. The normalized spacial score (nSPS) is 25.8. The first kappa shape index (κ1) is 16.1. The minimum atomic E-state index is -0.253. The summed E-state index contributed by atoms with van der Waals surface area (Å²) in [6.45, 7) is 6.16. The Bertz CT molecular complexity index is 753. The quantitative estimate of drug-likeness (QED) is 0.846. The minimum Gasteiger partial charge on any atom is -0.340 e. The molecule has 2 aliphatic rings. The summed E-state index contributed by atoms with van der Waals surface area (Å²) in [5.41, 5.74) is 2.23. The molecule has 5 nitrogen and oxygen atoms in total. The number of rotatable bonds is 2. The molecule has 1 amide bonds. The van der Waals surface area contributed by atoms with Gasteiger partial charge in [0.25, 0.3) is 0 Å². The molecule has 1 saturated heterocycles. The average molecular weight is 336 g/mol. The molecule has 0 N–H and O–H groups in total. The number of piperidine rings is 1. The van der Waals surface area contributed by atoms with Gasteiger partial charge >= 0.3 is 0 Å². The third-order valence-corrected chi connectivity index (χ3v) is 5.21. The van der Waals surface area contributed by atoms with Gasteiger partial charge in [-0.3, -0.25) is 9.69 Å². The maximum atomic E-state index is 13.4. The minimum absolute atomic E-state index is 0.196. The number of benzene rings is 1. The Hall–Kier alpha value is -2.43. The van der Waals surface area contributed by atoms with Crippen LogP contribution in [0.25, 0.3) is 0 Å². The molecule has 0 aliphatic carbocycles. The van der Waals surface area contributed by atoms with Crippen molar-refractivity contribution in [1.82, 2.24) is 14.9 Å². The molecule has 4 rings (SSSR count). The summed E-state index contributed by atoms with van der Waals surface area (Å²) in [6, 6.07) is 9.74. The molecule has 0 spiro atoms. The lowest BCUT2D eigenvalue weighted by Gasteiger charge is -2.38. The van der Waals surface area contributed by atoms with Gasteiger partial charge in [0.2, 0.25) is 11.9 Å². The van der Waals surface area contributed by atoms with Crippen molar-refractivity contribution in [3.63, 3.8) is 0 Å². The van der Waals surface area contributed by atoms with Gasteiger partial charge in [0.1, 0.15) is 6.04 Å². The van der Waals surface area contributed by atoms with Gasteiger partial charge in [-0.15, -0.1) is 0 Å². The molecule has 0 radical (unpaired) electrons. The van der Waals surface area contributed by atoms with Crippen LogP contribution in [0.1, 0.15) is 25.8 Å². The monoisotopic (exact) mass is 336 g/mol. The number of fused-ring (bicyclic) bond motifs is 1. The average Bonchev–Trinajstić information content (AvgIpc) is 3.00. The fourth-order valence-electron chi connectivity index (χ4n) is 4.30. The second-order valence-electron chi connectivity index (χ2n) is 7.46. The van der Waals surface area contributed by atoms with Crippen molar-refractivity contribution in [2.45, 2.75) is 32.7 Å². The van der Waals surface area contributed by atoms with Crippen LogP contribution in [0, 0.1) is 11.8 Å². The predicted octanol–water partition coefficient (Wildman–Crippen LogP) is 3.04. The molecule has 130 valence electrons. The molecule has 0 bridgehead atoms. The number of carbonyl (C=O) groups is 1. The van der Waals surface area contributed by atoms with Crippen LogP contribution in [0.3, 0.4) is 0 Å². The van der Waals surface area contributed by atoms with E-state index in [0.717, 1.165) is 18.8 Å². The van der Waals surface area contributed by atoms with E-state index in [-0.39, 0.29) is 11.9 Å². The molecule has 3 atom stereocenters. The largest absolute Gasteiger partial charge is 0.340 e. The highest BCUT2D eigenvalue weighted by Crippen LogP contribution is 2.37. The third kappa shape index (κ3) is 2.99. The molecule has 1 aromatic heterocycles. The molecular formula is C20H24N4O. The highest BCUT2D eigenvalue weighted by Gasteiger charge is 2.40. The lowest BCUT2D eigenvalue weighted by atomic mass is 9.91. The summed E-state index contributed by atoms with van der Waals surface area (Å²) in [6.07, 6.45) is 5.37. The standard InChI is InChI=1S/C20H24N4O/c1-14-10-15(2)13-23(12-14)19(25)18-11-16-6-3-4-7-17(16)24(18)20-21-8-5-9-22-20/h3-9,14-15,18H,10-13H2,1-2H3/t14-,15+,18-/m0/s1. The van der Waals surface area contributed by atoms with E-state index in [9.17, 15) is 4.79 Å². The van der Waals surface area contributed by atoms with Crippen molar-refractivity contribution >= 4 is 17.5 Å². The van der Waals surface area contributed by atoms with Crippen LogP contribution in [-0.4, -0.2) is 39.9 Å². The molecule has 25 heavy (non-hydrogen) atoms. The van der Waals surface area contributed by atoms with E-state index in [2.05, 4.69) is 35.9 Å². The molecule has 5 heteroatoms. The highest BCUT2D eigenvalue weighted by molar-refractivity contribution is 5.90. The summed E-state index contributed by atoms with van der Waals surface area (Å²) in [5.74, 6) is 1.90. The van der Waals surface area contributed by atoms with E-state index >= 15 is 0 Å². The zero-order chi connectivity index (χ0) is 17.4. The number of nitrogens with zero attached hydrogens (tertiary/aromatic N) is 4. The van der Waals surface area contributed by atoms with Gasteiger partial charge in [0, 0.05) is 37.6 Å².